The van der Waals surface area contributed by atoms with Gasteiger partial charge in [0.1, 0.15) is 0 Å². The topological polar surface area (TPSA) is 43.6 Å². The summed E-state index contributed by atoms with van der Waals surface area (Å²) >= 11 is 0. The smallest absolute Gasteiger partial charge is 0.164 e. The van der Waals surface area contributed by atoms with Crippen LogP contribution in [-0.2, 0) is 0 Å². The Labute approximate surface area is 307 Å². The number of hydrogen-bond acceptors (Lipinski definition) is 3. The van der Waals surface area contributed by atoms with E-state index in [2.05, 4.69) is 138 Å². The van der Waals surface area contributed by atoms with Gasteiger partial charge in [0.05, 0.1) is 11.0 Å². The van der Waals surface area contributed by atoms with Crippen LogP contribution < -0.4 is 0 Å². The van der Waals surface area contributed by atoms with Crippen molar-refractivity contribution in [1.82, 2.24) is 19.5 Å². The molecular weight excluding hydrogens is 645 g/mol. The van der Waals surface area contributed by atoms with Crippen molar-refractivity contribution in [1.29, 1.82) is 0 Å². The van der Waals surface area contributed by atoms with Crippen molar-refractivity contribution in [2.24, 2.45) is 0 Å². The summed E-state index contributed by atoms with van der Waals surface area (Å²) in [5.74, 6) is 1.96. The molecule has 0 aliphatic heterocycles. The molecule has 10 rings (SSSR count). The van der Waals surface area contributed by atoms with Crippen molar-refractivity contribution in [3.8, 4) is 62.1 Å². The molecule has 0 fully saturated rings. The van der Waals surface area contributed by atoms with Gasteiger partial charge < -0.3 is 4.57 Å². The minimum Gasteiger partial charge on any atom is -0.309 e. The molecule has 8 aromatic carbocycles. The van der Waals surface area contributed by atoms with Crippen LogP contribution in [0.3, 0.4) is 0 Å². The van der Waals surface area contributed by atoms with Crippen LogP contribution >= 0.6 is 0 Å². The number of benzene rings is 8. The summed E-state index contributed by atoms with van der Waals surface area (Å²) in [5, 5.41) is 4.75. The second kappa shape index (κ2) is 12.9. The van der Waals surface area contributed by atoms with Gasteiger partial charge in [0.2, 0.25) is 0 Å². The minimum atomic E-state index is 0.649. The predicted molar refractivity (Wildman–Crippen MR) is 219 cm³/mol. The lowest BCUT2D eigenvalue weighted by Gasteiger charge is -2.11. The summed E-state index contributed by atoms with van der Waals surface area (Å²) in [5.41, 5.74) is 11.2. The molecule has 0 unspecified atom stereocenters. The zero-order valence-electron chi connectivity index (χ0n) is 28.8. The first kappa shape index (κ1) is 30.6. The normalized spacial score (nSPS) is 11.4. The monoisotopic (exact) mass is 676 g/mol. The Morgan fingerprint density at radius 3 is 1.45 bits per heavy atom. The first-order valence-corrected chi connectivity index (χ1v) is 17.9. The van der Waals surface area contributed by atoms with Crippen LogP contribution in [0.25, 0.3) is 94.7 Å². The van der Waals surface area contributed by atoms with Crippen molar-refractivity contribution in [3.05, 3.63) is 194 Å². The van der Waals surface area contributed by atoms with E-state index in [0.29, 0.717) is 17.5 Å². The second-order valence-electron chi connectivity index (χ2n) is 13.3. The lowest BCUT2D eigenvalue weighted by Crippen LogP contribution is -2.00. The number of rotatable bonds is 6. The van der Waals surface area contributed by atoms with E-state index in [9.17, 15) is 0 Å². The van der Waals surface area contributed by atoms with E-state index in [1.54, 1.807) is 0 Å². The molecule has 0 saturated carbocycles. The van der Waals surface area contributed by atoms with Gasteiger partial charge in [0, 0.05) is 33.2 Å². The van der Waals surface area contributed by atoms with Gasteiger partial charge in [-0.05, 0) is 75.5 Å². The summed E-state index contributed by atoms with van der Waals surface area (Å²) < 4.78 is 2.39. The maximum Gasteiger partial charge on any atom is 0.164 e. The standard InChI is InChI=1S/C49H32N4/c1-5-14-33(15-6-1)38-28-29-44-43(32-38)46-42(22-13-23-45(46)53(44)41-20-11-4-12-21-41)39-26-24-37-31-40(27-25-36(37)30-39)49-51-47(34-16-7-2-8-17-34)50-48(52-49)35-18-9-3-10-19-35/h1-32H. The molecule has 4 nitrogen and oxygen atoms in total. The summed E-state index contributed by atoms with van der Waals surface area (Å²) in [6, 6.07) is 68.3. The van der Waals surface area contributed by atoms with E-state index in [4.69, 9.17) is 15.0 Å². The zero-order chi connectivity index (χ0) is 35.1. The van der Waals surface area contributed by atoms with E-state index < -0.39 is 0 Å². The maximum atomic E-state index is 4.97. The van der Waals surface area contributed by atoms with E-state index in [-0.39, 0.29) is 0 Å². The van der Waals surface area contributed by atoms with Crippen LogP contribution in [0.1, 0.15) is 0 Å². The van der Waals surface area contributed by atoms with E-state index in [1.807, 2.05) is 60.7 Å². The third-order valence-electron chi connectivity index (χ3n) is 10.0. The average Bonchev–Trinajstić information content (AvgIpc) is 3.58. The van der Waals surface area contributed by atoms with Gasteiger partial charge in [-0.3, -0.25) is 0 Å². The van der Waals surface area contributed by atoms with Crippen LogP contribution in [0.5, 0.6) is 0 Å². The first-order chi connectivity index (χ1) is 26.3. The third-order valence-corrected chi connectivity index (χ3v) is 10.0. The number of para-hydroxylation sites is 1. The van der Waals surface area contributed by atoms with Crippen LogP contribution in [0, 0.1) is 0 Å². The van der Waals surface area contributed by atoms with E-state index in [0.717, 1.165) is 33.2 Å². The Morgan fingerprint density at radius 2 is 0.830 bits per heavy atom. The lowest BCUT2D eigenvalue weighted by molar-refractivity contribution is 1.07. The molecule has 0 atom stereocenters. The molecule has 0 spiro atoms. The van der Waals surface area contributed by atoms with Gasteiger partial charge in [-0.15, -0.1) is 0 Å². The van der Waals surface area contributed by atoms with Gasteiger partial charge in [-0.2, -0.15) is 0 Å². The van der Waals surface area contributed by atoms with Gasteiger partial charge >= 0.3 is 0 Å². The number of aromatic nitrogens is 4. The van der Waals surface area contributed by atoms with Crippen molar-refractivity contribution in [3.63, 3.8) is 0 Å². The Hall–Kier alpha value is -7.17. The molecule has 2 heterocycles. The van der Waals surface area contributed by atoms with Crippen LogP contribution in [0.4, 0.5) is 0 Å². The van der Waals surface area contributed by atoms with Crippen molar-refractivity contribution in [2.45, 2.75) is 0 Å². The highest BCUT2D eigenvalue weighted by atomic mass is 15.0. The SMILES string of the molecule is c1ccc(-c2ccc3c(c2)c2c(-c4ccc5cc(-c6nc(-c7ccccc7)nc(-c7ccccc7)n6)ccc5c4)cccc2n3-c2ccccc2)cc1. The highest BCUT2D eigenvalue weighted by molar-refractivity contribution is 6.17. The van der Waals surface area contributed by atoms with Crippen molar-refractivity contribution < 1.29 is 0 Å². The van der Waals surface area contributed by atoms with Crippen LogP contribution in [-0.4, -0.2) is 19.5 Å². The molecule has 0 bridgehead atoms. The molecule has 10 aromatic rings. The fourth-order valence-electron chi connectivity index (χ4n) is 7.47. The molecule has 0 radical (unpaired) electrons. The number of nitrogens with zero attached hydrogens (tertiary/aromatic N) is 4. The van der Waals surface area contributed by atoms with E-state index >= 15 is 0 Å². The number of fused-ring (bicyclic) bond motifs is 4. The molecule has 248 valence electrons. The molecule has 0 saturated heterocycles. The summed E-state index contributed by atoms with van der Waals surface area (Å²) in [7, 11) is 0. The molecule has 0 aliphatic carbocycles. The van der Waals surface area contributed by atoms with E-state index in [1.165, 1.54) is 44.1 Å². The Kier molecular flexibility index (Phi) is 7.43. The van der Waals surface area contributed by atoms with Crippen molar-refractivity contribution >= 4 is 32.6 Å². The second-order valence-corrected chi connectivity index (χ2v) is 13.3. The largest absolute Gasteiger partial charge is 0.309 e. The molecule has 0 N–H and O–H groups in total. The summed E-state index contributed by atoms with van der Waals surface area (Å²) in [6.45, 7) is 0. The molecule has 4 heteroatoms. The average molecular weight is 677 g/mol. The molecular formula is C49H32N4. The summed E-state index contributed by atoms with van der Waals surface area (Å²) in [6.07, 6.45) is 0. The molecule has 0 amide bonds. The number of hydrogen-bond donors (Lipinski definition) is 0. The predicted octanol–water partition coefficient (Wildman–Crippen LogP) is 12.5. The van der Waals surface area contributed by atoms with Gasteiger partial charge in [-0.25, -0.2) is 15.0 Å². The van der Waals surface area contributed by atoms with Crippen LogP contribution in [0.2, 0.25) is 0 Å². The van der Waals surface area contributed by atoms with Gasteiger partial charge in [0.25, 0.3) is 0 Å². The molecule has 53 heavy (non-hydrogen) atoms. The quantitative estimate of drug-likeness (QED) is 0.176. The first-order valence-electron chi connectivity index (χ1n) is 17.9. The molecule has 2 aromatic heterocycles. The Balaban J connectivity index is 1.12. The Morgan fingerprint density at radius 1 is 0.321 bits per heavy atom. The highest BCUT2D eigenvalue weighted by Gasteiger charge is 2.18. The molecule has 0 aliphatic rings. The fraction of sp³-hybridized carbons (Fsp3) is 0. The van der Waals surface area contributed by atoms with Crippen molar-refractivity contribution in [2.75, 3.05) is 0 Å². The minimum absolute atomic E-state index is 0.649. The maximum absolute atomic E-state index is 4.97. The van der Waals surface area contributed by atoms with Gasteiger partial charge in [-0.1, -0.05) is 152 Å². The van der Waals surface area contributed by atoms with Gasteiger partial charge in [0.15, 0.2) is 17.5 Å². The Bertz CT molecular complexity index is 2860. The third kappa shape index (κ3) is 5.54. The lowest BCUT2D eigenvalue weighted by atomic mass is 9.95. The fourth-order valence-corrected chi connectivity index (χ4v) is 7.47. The highest BCUT2D eigenvalue weighted by Crippen LogP contribution is 2.41. The summed E-state index contributed by atoms with van der Waals surface area (Å²) in [4.78, 5) is 14.8. The van der Waals surface area contributed by atoms with Crippen LogP contribution in [0.15, 0.2) is 194 Å². The zero-order valence-corrected chi connectivity index (χ0v) is 28.8.